The Labute approximate surface area is 128 Å². The third-order valence-corrected chi connectivity index (χ3v) is 3.42. The molecule has 0 aliphatic rings. The summed E-state index contributed by atoms with van der Waals surface area (Å²) >= 11 is 0. The average Bonchev–Trinajstić information content (AvgIpc) is 2.43. The van der Waals surface area contributed by atoms with E-state index in [1.54, 1.807) is 19.1 Å². The fourth-order valence-corrected chi connectivity index (χ4v) is 2.20. The lowest BCUT2D eigenvalue weighted by Crippen LogP contribution is -2.30. The van der Waals surface area contributed by atoms with Gasteiger partial charge in [0, 0.05) is 11.4 Å². The number of nitrogens with one attached hydrogen (secondary N) is 1. The standard InChI is InChI=1S/C17H28N2O2/c1-4-5-6-7-9-13(2)21-14(3)17(20)19-16-11-8-10-15(18)12-16/h8,10-14H,4-7,9,18H2,1-3H3,(H,19,20). The molecule has 0 saturated heterocycles. The Morgan fingerprint density at radius 1 is 1.29 bits per heavy atom. The first-order chi connectivity index (χ1) is 10.0. The number of nitrogen functional groups attached to an aromatic ring is 1. The molecule has 4 heteroatoms. The van der Waals surface area contributed by atoms with Crippen LogP contribution < -0.4 is 11.1 Å². The number of rotatable bonds is 9. The smallest absolute Gasteiger partial charge is 0.253 e. The maximum Gasteiger partial charge on any atom is 0.253 e. The van der Waals surface area contributed by atoms with E-state index in [-0.39, 0.29) is 12.0 Å². The van der Waals surface area contributed by atoms with Gasteiger partial charge in [0.05, 0.1) is 6.10 Å². The van der Waals surface area contributed by atoms with E-state index in [0.717, 1.165) is 12.8 Å². The number of unbranched alkanes of at least 4 members (excludes halogenated alkanes) is 3. The lowest BCUT2D eigenvalue weighted by Gasteiger charge is -2.19. The molecule has 0 aliphatic carbocycles. The molecule has 3 N–H and O–H groups in total. The Hall–Kier alpha value is -1.55. The quantitative estimate of drug-likeness (QED) is 0.534. The van der Waals surface area contributed by atoms with Gasteiger partial charge in [-0.15, -0.1) is 0 Å². The summed E-state index contributed by atoms with van der Waals surface area (Å²) in [4.78, 5) is 12.1. The van der Waals surface area contributed by atoms with Crippen LogP contribution in [0.4, 0.5) is 11.4 Å². The zero-order valence-electron chi connectivity index (χ0n) is 13.4. The molecular weight excluding hydrogens is 264 g/mol. The van der Waals surface area contributed by atoms with Crippen LogP contribution in [0, 0.1) is 0 Å². The Morgan fingerprint density at radius 2 is 2.05 bits per heavy atom. The minimum Gasteiger partial charge on any atom is -0.399 e. The van der Waals surface area contributed by atoms with Gasteiger partial charge in [-0.05, 0) is 38.5 Å². The second kappa shape index (κ2) is 9.40. The summed E-state index contributed by atoms with van der Waals surface area (Å²) in [5.41, 5.74) is 7.02. The summed E-state index contributed by atoms with van der Waals surface area (Å²) in [6.45, 7) is 6.00. The third kappa shape index (κ3) is 7.14. The summed E-state index contributed by atoms with van der Waals surface area (Å²) in [7, 11) is 0. The van der Waals surface area contributed by atoms with Crippen LogP contribution in [0.2, 0.25) is 0 Å². The van der Waals surface area contributed by atoms with Gasteiger partial charge < -0.3 is 15.8 Å². The van der Waals surface area contributed by atoms with Crippen LogP contribution in [0.25, 0.3) is 0 Å². The number of carbonyl (C=O) groups excluding carboxylic acids is 1. The van der Waals surface area contributed by atoms with Gasteiger partial charge in [0.15, 0.2) is 0 Å². The number of nitrogens with two attached hydrogens (primary N) is 1. The SMILES string of the molecule is CCCCCCC(C)OC(C)C(=O)Nc1cccc(N)c1. The Bertz CT molecular complexity index is 435. The van der Waals surface area contributed by atoms with Crippen molar-refractivity contribution in [2.75, 3.05) is 11.1 Å². The van der Waals surface area contributed by atoms with Crippen molar-refractivity contribution in [1.82, 2.24) is 0 Å². The molecule has 21 heavy (non-hydrogen) atoms. The van der Waals surface area contributed by atoms with Gasteiger partial charge in [0.25, 0.3) is 5.91 Å². The van der Waals surface area contributed by atoms with E-state index < -0.39 is 6.10 Å². The molecule has 2 unspecified atom stereocenters. The highest BCUT2D eigenvalue weighted by Crippen LogP contribution is 2.14. The molecule has 0 fully saturated rings. The highest BCUT2D eigenvalue weighted by atomic mass is 16.5. The lowest BCUT2D eigenvalue weighted by atomic mass is 10.1. The van der Waals surface area contributed by atoms with Crippen molar-refractivity contribution >= 4 is 17.3 Å². The Kier molecular flexibility index (Phi) is 7.83. The second-order valence-electron chi connectivity index (χ2n) is 5.55. The summed E-state index contributed by atoms with van der Waals surface area (Å²) in [6.07, 6.45) is 5.51. The van der Waals surface area contributed by atoms with Gasteiger partial charge in [-0.3, -0.25) is 4.79 Å². The van der Waals surface area contributed by atoms with Crippen molar-refractivity contribution in [2.45, 2.75) is 65.1 Å². The second-order valence-corrected chi connectivity index (χ2v) is 5.55. The van der Waals surface area contributed by atoms with Crippen molar-refractivity contribution in [3.05, 3.63) is 24.3 Å². The molecule has 0 heterocycles. The number of amides is 1. The van der Waals surface area contributed by atoms with E-state index in [9.17, 15) is 4.79 Å². The van der Waals surface area contributed by atoms with Crippen LogP contribution in [0.3, 0.4) is 0 Å². The van der Waals surface area contributed by atoms with Crippen molar-refractivity contribution in [3.63, 3.8) is 0 Å². The summed E-state index contributed by atoms with van der Waals surface area (Å²) < 4.78 is 5.75. The van der Waals surface area contributed by atoms with Crippen LogP contribution >= 0.6 is 0 Å². The van der Waals surface area contributed by atoms with Crippen LogP contribution in [-0.2, 0) is 9.53 Å². The predicted molar refractivity (Wildman–Crippen MR) is 88.3 cm³/mol. The highest BCUT2D eigenvalue weighted by Gasteiger charge is 2.16. The first-order valence-corrected chi connectivity index (χ1v) is 7.84. The monoisotopic (exact) mass is 292 g/mol. The molecule has 118 valence electrons. The van der Waals surface area contributed by atoms with Crippen molar-refractivity contribution in [2.24, 2.45) is 0 Å². The zero-order valence-corrected chi connectivity index (χ0v) is 13.4. The average molecular weight is 292 g/mol. The predicted octanol–water partition coefficient (Wildman–Crippen LogP) is 3.97. The molecule has 0 bridgehead atoms. The maximum absolute atomic E-state index is 12.1. The largest absolute Gasteiger partial charge is 0.399 e. The minimum absolute atomic E-state index is 0.100. The number of carbonyl (C=O) groups is 1. The molecule has 0 saturated carbocycles. The van der Waals surface area contributed by atoms with Crippen LogP contribution in [0.1, 0.15) is 52.9 Å². The fraction of sp³-hybridized carbons (Fsp3) is 0.588. The molecular formula is C17H28N2O2. The molecule has 0 aliphatic heterocycles. The number of ether oxygens (including phenoxy) is 1. The van der Waals surface area contributed by atoms with Gasteiger partial charge >= 0.3 is 0 Å². The van der Waals surface area contributed by atoms with Gasteiger partial charge in [-0.2, -0.15) is 0 Å². The van der Waals surface area contributed by atoms with Crippen LogP contribution in [0.15, 0.2) is 24.3 Å². The molecule has 0 radical (unpaired) electrons. The number of hydrogen-bond acceptors (Lipinski definition) is 3. The first-order valence-electron chi connectivity index (χ1n) is 7.84. The van der Waals surface area contributed by atoms with E-state index in [0.29, 0.717) is 11.4 Å². The summed E-state index contributed by atoms with van der Waals surface area (Å²) in [6, 6.07) is 7.15. The fourth-order valence-electron chi connectivity index (χ4n) is 2.20. The number of benzene rings is 1. The summed E-state index contributed by atoms with van der Waals surface area (Å²) in [5.74, 6) is -0.138. The van der Waals surface area contributed by atoms with Gasteiger partial charge in [-0.1, -0.05) is 38.7 Å². The molecule has 1 aromatic rings. The number of anilines is 2. The van der Waals surface area contributed by atoms with Crippen LogP contribution in [0.5, 0.6) is 0 Å². The van der Waals surface area contributed by atoms with E-state index in [2.05, 4.69) is 12.2 Å². The normalized spacial score (nSPS) is 13.7. The van der Waals surface area contributed by atoms with E-state index in [1.165, 1.54) is 19.3 Å². The molecule has 1 rings (SSSR count). The molecule has 0 spiro atoms. The molecule has 0 aromatic heterocycles. The topological polar surface area (TPSA) is 64.3 Å². The van der Waals surface area contributed by atoms with E-state index in [4.69, 9.17) is 10.5 Å². The molecule has 1 amide bonds. The van der Waals surface area contributed by atoms with Crippen molar-refractivity contribution in [1.29, 1.82) is 0 Å². The summed E-state index contributed by atoms with van der Waals surface area (Å²) in [5, 5.41) is 2.82. The van der Waals surface area contributed by atoms with Crippen LogP contribution in [-0.4, -0.2) is 18.1 Å². The van der Waals surface area contributed by atoms with Gasteiger partial charge in [-0.25, -0.2) is 0 Å². The maximum atomic E-state index is 12.1. The zero-order chi connectivity index (χ0) is 15.7. The van der Waals surface area contributed by atoms with Crippen molar-refractivity contribution < 1.29 is 9.53 Å². The Morgan fingerprint density at radius 3 is 2.71 bits per heavy atom. The van der Waals surface area contributed by atoms with E-state index >= 15 is 0 Å². The minimum atomic E-state index is -0.465. The number of hydrogen-bond donors (Lipinski definition) is 2. The highest BCUT2D eigenvalue weighted by molar-refractivity contribution is 5.94. The lowest BCUT2D eigenvalue weighted by molar-refractivity contribution is -0.129. The van der Waals surface area contributed by atoms with E-state index in [1.807, 2.05) is 19.1 Å². The Balaban J connectivity index is 2.33. The third-order valence-electron chi connectivity index (χ3n) is 3.42. The van der Waals surface area contributed by atoms with Crippen molar-refractivity contribution in [3.8, 4) is 0 Å². The molecule has 1 aromatic carbocycles. The van der Waals surface area contributed by atoms with Gasteiger partial charge in [0.2, 0.25) is 0 Å². The molecule has 4 nitrogen and oxygen atoms in total. The molecule has 2 atom stereocenters. The van der Waals surface area contributed by atoms with Gasteiger partial charge in [0.1, 0.15) is 6.10 Å². The first kappa shape index (κ1) is 17.5.